The molecule has 0 spiro atoms. The third-order valence-electron chi connectivity index (χ3n) is 4.96. The molecule has 0 amide bonds. The number of benzene rings is 1. The lowest BCUT2D eigenvalue weighted by molar-refractivity contribution is 0.156. The molecule has 0 heterocycles. The average Bonchev–Trinajstić information content (AvgIpc) is 2.52. The number of β-amino-alcohol motifs (C(OH)–C–C–N with tert-alkyl or cyclic N) is 1. The smallest absolute Gasteiger partial charge is 0.123 e. The highest BCUT2D eigenvalue weighted by Gasteiger charge is 2.24. The standard InChI is InChI=1S/C19H29FINO/c1-19(2,11-10-14-6-8-17(21)9-7-14)22-13-18(23)15-4-3-5-16(20)12-15/h3-5,12,14,17-18,22-23H,6-11,13H2,1-2H3/t14?,17?,18-/m0/s1. The molecule has 1 aromatic carbocycles. The van der Waals surface area contributed by atoms with Crippen molar-refractivity contribution in [3.63, 3.8) is 0 Å². The van der Waals surface area contributed by atoms with E-state index in [0.717, 1.165) is 16.3 Å². The minimum Gasteiger partial charge on any atom is -0.387 e. The van der Waals surface area contributed by atoms with Crippen LogP contribution in [0, 0.1) is 11.7 Å². The quantitative estimate of drug-likeness (QED) is 0.469. The SMILES string of the molecule is CC(C)(CCC1CCC(I)CC1)NC[C@H](O)c1cccc(F)c1. The van der Waals surface area contributed by atoms with Gasteiger partial charge in [-0.2, -0.15) is 0 Å². The van der Waals surface area contributed by atoms with Crippen LogP contribution in [0.15, 0.2) is 24.3 Å². The second-order valence-electron chi connectivity index (χ2n) is 7.49. The number of halogens is 2. The molecule has 1 aromatic rings. The molecule has 1 saturated carbocycles. The lowest BCUT2D eigenvalue weighted by atomic mass is 9.83. The van der Waals surface area contributed by atoms with Gasteiger partial charge >= 0.3 is 0 Å². The molecule has 23 heavy (non-hydrogen) atoms. The van der Waals surface area contributed by atoms with E-state index in [1.54, 1.807) is 12.1 Å². The molecule has 130 valence electrons. The Bertz CT molecular complexity index is 486. The Morgan fingerprint density at radius 2 is 2.00 bits per heavy atom. The van der Waals surface area contributed by atoms with E-state index in [-0.39, 0.29) is 11.4 Å². The molecule has 0 aliphatic heterocycles. The van der Waals surface area contributed by atoms with E-state index in [4.69, 9.17) is 0 Å². The van der Waals surface area contributed by atoms with Crippen molar-refractivity contribution in [3.8, 4) is 0 Å². The van der Waals surface area contributed by atoms with Crippen molar-refractivity contribution < 1.29 is 9.50 Å². The van der Waals surface area contributed by atoms with E-state index in [1.165, 1.54) is 44.2 Å². The van der Waals surface area contributed by atoms with Crippen molar-refractivity contribution in [1.29, 1.82) is 0 Å². The van der Waals surface area contributed by atoms with Gasteiger partial charge in [0.15, 0.2) is 0 Å². The van der Waals surface area contributed by atoms with Gasteiger partial charge in [0.05, 0.1) is 6.10 Å². The summed E-state index contributed by atoms with van der Waals surface area (Å²) in [5, 5.41) is 13.7. The summed E-state index contributed by atoms with van der Waals surface area (Å²) in [4.78, 5) is 0. The lowest BCUT2D eigenvalue weighted by Gasteiger charge is -2.31. The Labute approximate surface area is 153 Å². The van der Waals surface area contributed by atoms with Crippen molar-refractivity contribution in [3.05, 3.63) is 35.6 Å². The maximum Gasteiger partial charge on any atom is 0.123 e. The number of alkyl halides is 1. The van der Waals surface area contributed by atoms with Crippen LogP contribution in [0.3, 0.4) is 0 Å². The maximum absolute atomic E-state index is 13.2. The largest absolute Gasteiger partial charge is 0.387 e. The fraction of sp³-hybridized carbons (Fsp3) is 0.684. The first kappa shape index (κ1) is 19.1. The van der Waals surface area contributed by atoms with Crippen molar-refractivity contribution in [2.75, 3.05) is 6.54 Å². The van der Waals surface area contributed by atoms with Gasteiger partial charge < -0.3 is 10.4 Å². The Hall–Kier alpha value is -0.200. The third kappa shape index (κ3) is 6.67. The van der Waals surface area contributed by atoms with Crippen LogP contribution >= 0.6 is 22.6 Å². The van der Waals surface area contributed by atoms with Crippen LogP contribution in [-0.2, 0) is 0 Å². The zero-order chi connectivity index (χ0) is 16.9. The summed E-state index contributed by atoms with van der Waals surface area (Å²) >= 11 is 2.57. The van der Waals surface area contributed by atoms with Crippen molar-refractivity contribution in [2.24, 2.45) is 5.92 Å². The topological polar surface area (TPSA) is 32.3 Å². The first-order valence-corrected chi connectivity index (χ1v) is 9.93. The molecule has 0 saturated heterocycles. The van der Waals surface area contributed by atoms with Gasteiger partial charge in [0.2, 0.25) is 0 Å². The van der Waals surface area contributed by atoms with Gasteiger partial charge in [0, 0.05) is 16.0 Å². The molecule has 0 radical (unpaired) electrons. The fourth-order valence-corrected chi connectivity index (χ4v) is 3.99. The number of aliphatic hydroxyl groups is 1. The minimum absolute atomic E-state index is 0.00449. The van der Waals surface area contributed by atoms with E-state index in [1.807, 2.05) is 0 Å². The molecule has 1 fully saturated rings. The van der Waals surface area contributed by atoms with E-state index in [2.05, 4.69) is 41.8 Å². The van der Waals surface area contributed by atoms with Crippen molar-refractivity contribution >= 4 is 22.6 Å². The predicted octanol–water partition coefficient (Wildman–Crippen LogP) is 5.00. The highest BCUT2D eigenvalue weighted by atomic mass is 127. The van der Waals surface area contributed by atoms with Crippen LogP contribution in [0.2, 0.25) is 0 Å². The molecular weight excluding hydrogens is 404 g/mol. The Kier molecular flexibility index (Phi) is 7.29. The van der Waals surface area contributed by atoms with Crippen LogP contribution in [0.5, 0.6) is 0 Å². The predicted molar refractivity (Wildman–Crippen MR) is 102 cm³/mol. The molecule has 1 atom stereocenters. The summed E-state index contributed by atoms with van der Waals surface area (Å²) in [5.74, 6) is 0.557. The molecule has 2 nitrogen and oxygen atoms in total. The number of hydrogen-bond acceptors (Lipinski definition) is 2. The van der Waals surface area contributed by atoms with Gasteiger partial charge in [0.25, 0.3) is 0 Å². The highest BCUT2D eigenvalue weighted by Crippen LogP contribution is 2.33. The van der Waals surface area contributed by atoms with E-state index >= 15 is 0 Å². The second-order valence-corrected chi connectivity index (χ2v) is 9.25. The Morgan fingerprint density at radius 3 is 2.65 bits per heavy atom. The normalized spacial score (nSPS) is 23.7. The summed E-state index contributed by atoms with van der Waals surface area (Å²) < 4.78 is 14.1. The zero-order valence-corrected chi connectivity index (χ0v) is 16.4. The number of nitrogens with one attached hydrogen (secondary N) is 1. The van der Waals surface area contributed by atoms with Crippen LogP contribution in [0.25, 0.3) is 0 Å². The zero-order valence-electron chi connectivity index (χ0n) is 14.2. The molecule has 1 aliphatic carbocycles. The number of hydrogen-bond donors (Lipinski definition) is 2. The molecule has 1 aliphatic rings. The molecule has 2 rings (SSSR count). The van der Waals surface area contributed by atoms with Gasteiger partial charge in [-0.3, -0.25) is 0 Å². The second kappa shape index (κ2) is 8.77. The lowest BCUT2D eigenvalue weighted by Crippen LogP contribution is -2.42. The molecule has 0 unspecified atom stereocenters. The summed E-state index contributed by atoms with van der Waals surface area (Å²) in [6.07, 6.45) is 7.12. The van der Waals surface area contributed by atoms with Gasteiger partial charge in [-0.25, -0.2) is 4.39 Å². The molecular formula is C19H29FINO. The molecule has 0 aromatic heterocycles. The third-order valence-corrected chi connectivity index (χ3v) is 6.21. The van der Waals surface area contributed by atoms with E-state index in [0.29, 0.717) is 12.1 Å². The van der Waals surface area contributed by atoms with Gasteiger partial charge in [-0.1, -0.05) is 34.7 Å². The van der Waals surface area contributed by atoms with Crippen LogP contribution in [-0.4, -0.2) is 21.1 Å². The Balaban J connectivity index is 1.74. The summed E-state index contributed by atoms with van der Waals surface area (Å²) in [6.45, 7) is 4.83. The maximum atomic E-state index is 13.2. The van der Waals surface area contributed by atoms with Crippen molar-refractivity contribution in [1.82, 2.24) is 5.32 Å². The Morgan fingerprint density at radius 1 is 1.30 bits per heavy atom. The van der Waals surface area contributed by atoms with Gasteiger partial charge in [0.1, 0.15) is 5.82 Å². The number of aliphatic hydroxyl groups excluding tert-OH is 1. The monoisotopic (exact) mass is 433 g/mol. The summed E-state index contributed by atoms with van der Waals surface area (Å²) in [5.41, 5.74) is 0.629. The van der Waals surface area contributed by atoms with E-state index < -0.39 is 6.10 Å². The van der Waals surface area contributed by atoms with Crippen LogP contribution in [0.4, 0.5) is 4.39 Å². The first-order chi connectivity index (χ1) is 10.9. The van der Waals surface area contributed by atoms with Gasteiger partial charge in [-0.05, 0) is 76.0 Å². The van der Waals surface area contributed by atoms with Gasteiger partial charge in [-0.15, -0.1) is 0 Å². The minimum atomic E-state index is -0.667. The van der Waals surface area contributed by atoms with Crippen LogP contribution in [0.1, 0.15) is 64.0 Å². The molecule has 0 bridgehead atoms. The van der Waals surface area contributed by atoms with Crippen LogP contribution < -0.4 is 5.32 Å². The molecule has 2 N–H and O–H groups in total. The highest BCUT2D eigenvalue weighted by molar-refractivity contribution is 14.1. The number of rotatable bonds is 7. The van der Waals surface area contributed by atoms with E-state index in [9.17, 15) is 9.50 Å². The average molecular weight is 433 g/mol. The fourth-order valence-electron chi connectivity index (χ4n) is 3.27. The molecule has 4 heteroatoms. The summed E-state index contributed by atoms with van der Waals surface area (Å²) in [7, 11) is 0. The van der Waals surface area contributed by atoms with Crippen molar-refractivity contribution in [2.45, 2.75) is 67.9 Å². The first-order valence-electron chi connectivity index (χ1n) is 8.68. The summed E-state index contributed by atoms with van der Waals surface area (Å²) in [6, 6.07) is 6.22.